The maximum absolute atomic E-state index is 13.6. The van der Waals surface area contributed by atoms with Crippen LogP contribution >= 0.6 is 0 Å². The van der Waals surface area contributed by atoms with E-state index < -0.39 is 12.5 Å². The lowest BCUT2D eigenvalue weighted by Gasteiger charge is -2.40. The predicted molar refractivity (Wildman–Crippen MR) is 107 cm³/mol. The number of ether oxygens (including phenoxy) is 1. The third-order valence-electron chi connectivity index (χ3n) is 5.80. The summed E-state index contributed by atoms with van der Waals surface area (Å²) in [7, 11) is 0. The van der Waals surface area contributed by atoms with E-state index in [0.717, 1.165) is 38.2 Å². The molecule has 3 atom stereocenters. The van der Waals surface area contributed by atoms with Crippen molar-refractivity contribution in [2.75, 3.05) is 18.4 Å². The molecule has 1 aromatic carbocycles. The molecule has 3 heterocycles. The number of nitrogens with zero attached hydrogens (tertiary/aromatic N) is 4. The summed E-state index contributed by atoms with van der Waals surface area (Å²) in [4.78, 5) is 6.55. The highest BCUT2D eigenvalue weighted by molar-refractivity contribution is 5.30. The van der Waals surface area contributed by atoms with Gasteiger partial charge in [-0.2, -0.15) is 10.1 Å². The number of benzene rings is 1. The largest absolute Gasteiger partial charge is 0.491 e. The first-order valence-corrected chi connectivity index (χ1v) is 10.4. The Bertz CT molecular complexity index is 795. The molecule has 0 amide bonds. The van der Waals surface area contributed by atoms with Gasteiger partial charge in [0.2, 0.25) is 5.95 Å². The van der Waals surface area contributed by atoms with E-state index in [2.05, 4.69) is 32.4 Å². The molecule has 0 saturated carbocycles. The summed E-state index contributed by atoms with van der Waals surface area (Å²) in [6.45, 7) is 6.82. The predicted octanol–water partition coefficient (Wildman–Crippen LogP) is 3.97. The Hall–Kier alpha value is -2.22. The van der Waals surface area contributed by atoms with Crippen molar-refractivity contribution in [1.82, 2.24) is 19.7 Å². The molecule has 0 bridgehead atoms. The number of likely N-dealkylation sites (tertiary alicyclic amines) is 1. The van der Waals surface area contributed by atoms with E-state index in [1.807, 2.05) is 26.0 Å². The van der Waals surface area contributed by atoms with E-state index in [0.29, 0.717) is 18.3 Å². The van der Waals surface area contributed by atoms with Crippen molar-refractivity contribution in [3.8, 4) is 5.75 Å². The van der Waals surface area contributed by atoms with Crippen molar-refractivity contribution in [3.63, 3.8) is 0 Å². The SMILES string of the molecule is CC(C)Oc1ccc(CN2CCCC([C@@H]3C[C@H](C(F)F)n4ncnc4N3)C2)cc1. The lowest BCUT2D eigenvalue weighted by Crippen LogP contribution is -2.46. The van der Waals surface area contributed by atoms with E-state index in [1.165, 1.54) is 16.6 Å². The smallest absolute Gasteiger partial charge is 0.260 e. The molecule has 0 spiro atoms. The van der Waals surface area contributed by atoms with Gasteiger partial charge in [0, 0.05) is 19.1 Å². The molecule has 2 aromatic rings. The molecule has 4 rings (SSSR count). The molecule has 1 N–H and O–H groups in total. The zero-order valence-corrected chi connectivity index (χ0v) is 17.0. The molecule has 29 heavy (non-hydrogen) atoms. The fourth-order valence-corrected chi connectivity index (χ4v) is 4.47. The van der Waals surface area contributed by atoms with Crippen molar-refractivity contribution in [1.29, 1.82) is 0 Å². The Morgan fingerprint density at radius 2 is 2.03 bits per heavy atom. The minimum absolute atomic E-state index is 0.00434. The van der Waals surface area contributed by atoms with Crippen molar-refractivity contribution in [2.24, 2.45) is 5.92 Å². The second-order valence-electron chi connectivity index (χ2n) is 8.36. The third kappa shape index (κ3) is 4.69. The van der Waals surface area contributed by atoms with Crippen LogP contribution in [0.3, 0.4) is 0 Å². The van der Waals surface area contributed by atoms with Crippen LogP contribution in [0.15, 0.2) is 30.6 Å². The fraction of sp³-hybridized carbons (Fsp3) is 0.619. The van der Waals surface area contributed by atoms with Crippen LogP contribution in [0.2, 0.25) is 0 Å². The monoisotopic (exact) mass is 405 g/mol. The molecule has 1 unspecified atom stereocenters. The van der Waals surface area contributed by atoms with Crippen LogP contribution in [0.5, 0.6) is 5.75 Å². The number of fused-ring (bicyclic) bond motifs is 1. The molecule has 2 aliphatic rings. The van der Waals surface area contributed by atoms with Gasteiger partial charge in [0.15, 0.2) is 0 Å². The van der Waals surface area contributed by atoms with Gasteiger partial charge in [0.25, 0.3) is 6.43 Å². The molecule has 2 aliphatic heterocycles. The minimum atomic E-state index is -2.44. The topological polar surface area (TPSA) is 55.2 Å². The zero-order chi connectivity index (χ0) is 20.4. The van der Waals surface area contributed by atoms with Gasteiger partial charge >= 0.3 is 0 Å². The molecule has 0 aliphatic carbocycles. The summed E-state index contributed by atoms with van der Waals surface area (Å²) in [5.74, 6) is 1.66. The van der Waals surface area contributed by atoms with Crippen LogP contribution in [0.1, 0.15) is 44.7 Å². The standard InChI is InChI=1S/C21H29F2N5O/c1-14(2)29-17-7-5-15(6-8-17)11-27-9-3-4-16(12-27)18-10-19(20(22)23)28-21(26-18)24-13-25-28/h5-8,13-14,16,18-20H,3-4,9-12H2,1-2H3,(H,24,25,26)/t16?,18-,19+/m0/s1. The maximum Gasteiger partial charge on any atom is 0.260 e. The highest BCUT2D eigenvalue weighted by Gasteiger charge is 2.38. The van der Waals surface area contributed by atoms with E-state index in [-0.39, 0.29) is 12.1 Å². The first kappa shape index (κ1) is 20.1. The van der Waals surface area contributed by atoms with Crippen molar-refractivity contribution < 1.29 is 13.5 Å². The average molecular weight is 405 g/mol. The lowest BCUT2D eigenvalue weighted by molar-refractivity contribution is 0.0550. The van der Waals surface area contributed by atoms with Gasteiger partial charge in [-0.05, 0) is 63.3 Å². The number of hydrogen-bond donors (Lipinski definition) is 1. The van der Waals surface area contributed by atoms with E-state index in [1.54, 1.807) is 0 Å². The molecule has 6 nitrogen and oxygen atoms in total. The van der Waals surface area contributed by atoms with Gasteiger partial charge in [-0.15, -0.1) is 0 Å². The number of rotatable bonds is 6. The quantitative estimate of drug-likeness (QED) is 0.788. The van der Waals surface area contributed by atoms with Crippen LogP contribution < -0.4 is 10.1 Å². The third-order valence-corrected chi connectivity index (χ3v) is 5.80. The molecule has 158 valence electrons. The number of aromatic nitrogens is 3. The lowest BCUT2D eigenvalue weighted by atomic mass is 9.86. The number of alkyl halides is 2. The number of halogens is 2. The minimum Gasteiger partial charge on any atom is -0.491 e. The Kier molecular flexibility index (Phi) is 5.99. The van der Waals surface area contributed by atoms with Crippen LogP contribution in [0.4, 0.5) is 14.7 Å². The second-order valence-corrected chi connectivity index (χ2v) is 8.36. The summed E-state index contributed by atoms with van der Waals surface area (Å²) in [5, 5.41) is 7.33. The molecular weight excluding hydrogens is 376 g/mol. The van der Waals surface area contributed by atoms with E-state index in [4.69, 9.17) is 4.74 Å². The summed E-state index contributed by atoms with van der Waals surface area (Å²) in [5.41, 5.74) is 1.24. The van der Waals surface area contributed by atoms with Crippen LogP contribution in [-0.2, 0) is 6.54 Å². The number of anilines is 1. The Labute approximate surface area is 170 Å². The van der Waals surface area contributed by atoms with E-state index in [9.17, 15) is 8.78 Å². The number of hydrogen-bond acceptors (Lipinski definition) is 5. The molecule has 0 radical (unpaired) electrons. The van der Waals surface area contributed by atoms with Gasteiger partial charge in [-0.1, -0.05) is 12.1 Å². The van der Waals surface area contributed by atoms with Crippen LogP contribution in [0.25, 0.3) is 0 Å². The summed E-state index contributed by atoms with van der Waals surface area (Å²) < 4.78 is 34.2. The Morgan fingerprint density at radius 3 is 2.76 bits per heavy atom. The first-order chi connectivity index (χ1) is 14.0. The highest BCUT2D eigenvalue weighted by Crippen LogP contribution is 2.35. The number of piperidine rings is 1. The molecule has 1 saturated heterocycles. The number of nitrogens with one attached hydrogen (secondary N) is 1. The van der Waals surface area contributed by atoms with Gasteiger partial charge in [-0.25, -0.2) is 13.5 Å². The van der Waals surface area contributed by atoms with E-state index >= 15 is 0 Å². The van der Waals surface area contributed by atoms with Gasteiger partial charge in [-0.3, -0.25) is 4.90 Å². The first-order valence-electron chi connectivity index (χ1n) is 10.4. The van der Waals surface area contributed by atoms with Crippen LogP contribution in [-0.4, -0.2) is 51.3 Å². The maximum atomic E-state index is 13.6. The second kappa shape index (κ2) is 8.65. The zero-order valence-electron chi connectivity index (χ0n) is 17.0. The summed E-state index contributed by atoms with van der Waals surface area (Å²) in [6, 6.07) is 7.34. The fourth-order valence-electron chi connectivity index (χ4n) is 4.47. The molecule has 1 fully saturated rings. The summed E-state index contributed by atoms with van der Waals surface area (Å²) >= 11 is 0. The van der Waals surface area contributed by atoms with Crippen molar-refractivity contribution >= 4 is 5.95 Å². The molecular formula is C21H29F2N5O. The van der Waals surface area contributed by atoms with Gasteiger partial charge < -0.3 is 10.1 Å². The van der Waals surface area contributed by atoms with Gasteiger partial charge in [0.05, 0.1) is 6.10 Å². The van der Waals surface area contributed by atoms with Crippen molar-refractivity contribution in [2.45, 2.75) is 64.3 Å². The Morgan fingerprint density at radius 1 is 1.24 bits per heavy atom. The van der Waals surface area contributed by atoms with Gasteiger partial charge in [0.1, 0.15) is 18.1 Å². The van der Waals surface area contributed by atoms with Crippen LogP contribution in [0, 0.1) is 5.92 Å². The normalized spacial score (nSPS) is 25.1. The van der Waals surface area contributed by atoms with Crippen molar-refractivity contribution in [3.05, 3.63) is 36.2 Å². The molecule has 8 heteroatoms. The molecule has 1 aromatic heterocycles. The average Bonchev–Trinajstić information content (AvgIpc) is 3.17. The Balaban J connectivity index is 1.38. The highest BCUT2D eigenvalue weighted by atomic mass is 19.3. The summed E-state index contributed by atoms with van der Waals surface area (Å²) in [6.07, 6.45) is 1.57.